The van der Waals surface area contributed by atoms with E-state index in [1.165, 1.54) is 12.1 Å². The van der Waals surface area contributed by atoms with Gasteiger partial charge in [0, 0.05) is 13.7 Å². The number of carbonyl (C=O) groups excluding carboxylic acids is 1. The van der Waals surface area contributed by atoms with E-state index in [0.717, 1.165) is 5.56 Å². The van der Waals surface area contributed by atoms with Gasteiger partial charge in [0.1, 0.15) is 12.0 Å². The van der Waals surface area contributed by atoms with Crippen molar-refractivity contribution in [1.82, 2.24) is 10.2 Å². The number of hydrogen-bond donors (Lipinski definition) is 1. The number of nitrogens with one attached hydrogen (secondary N) is 1. The maximum Gasteiger partial charge on any atom is 0.238 e. The highest BCUT2D eigenvalue weighted by molar-refractivity contribution is 5.80. The molecule has 1 N–H and O–H groups in total. The van der Waals surface area contributed by atoms with Crippen LogP contribution in [0.25, 0.3) is 0 Å². The number of halogens is 1. The Morgan fingerprint density at radius 3 is 2.79 bits per heavy atom. The van der Waals surface area contributed by atoms with Crippen LogP contribution in [0.3, 0.4) is 0 Å². The Kier molecular flexibility index (Phi) is 4.50. The zero-order valence-electron chi connectivity index (χ0n) is 11.2. The lowest BCUT2D eigenvalue weighted by molar-refractivity contribution is -0.128. The lowest BCUT2D eigenvalue weighted by Crippen LogP contribution is -2.35. The van der Waals surface area contributed by atoms with Crippen molar-refractivity contribution in [3.05, 3.63) is 35.6 Å². The van der Waals surface area contributed by atoms with Crippen molar-refractivity contribution < 1.29 is 13.9 Å². The highest BCUT2D eigenvalue weighted by Gasteiger charge is 2.32. The van der Waals surface area contributed by atoms with Gasteiger partial charge >= 0.3 is 0 Å². The van der Waals surface area contributed by atoms with E-state index in [4.69, 9.17) is 4.74 Å². The van der Waals surface area contributed by atoms with Crippen molar-refractivity contribution in [1.29, 1.82) is 0 Å². The molecule has 1 heterocycles. The second-order valence-corrected chi connectivity index (χ2v) is 4.94. The molecule has 1 aliphatic rings. The maximum atomic E-state index is 12.9. The summed E-state index contributed by atoms with van der Waals surface area (Å²) in [6, 6.07) is 6.24. The SMILES string of the molecule is COCC(C)CN1C(=O)CNC1c1ccc(F)cc1. The van der Waals surface area contributed by atoms with Crippen molar-refractivity contribution in [2.45, 2.75) is 13.1 Å². The van der Waals surface area contributed by atoms with E-state index in [1.54, 1.807) is 24.1 Å². The Hall–Kier alpha value is -1.46. The highest BCUT2D eigenvalue weighted by atomic mass is 19.1. The van der Waals surface area contributed by atoms with E-state index in [-0.39, 0.29) is 23.8 Å². The molecule has 2 rings (SSSR count). The number of ether oxygens (including phenoxy) is 1. The summed E-state index contributed by atoms with van der Waals surface area (Å²) < 4.78 is 18.0. The van der Waals surface area contributed by atoms with Crippen molar-refractivity contribution in [2.24, 2.45) is 5.92 Å². The molecule has 5 heteroatoms. The van der Waals surface area contributed by atoms with E-state index in [9.17, 15) is 9.18 Å². The summed E-state index contributed by atoms with van der Waals surface area (Å²) >= 11 is 0. The van der Waals surface area contributed by atoms with Crippen LogP contribution < -0.4 is 5.32 Å². The van der Waals surface area contributed by atoms with Gasteiger partial charge in [-0.25, -0.2) is 4.39 Å². The van der Waals surface area contributed by atoms with Gasteiger partial charge in [0.25, 0.3) is 0 Å². The molecular weight excluding hydrogens is 247 g/mol. The summed E-state index contributed by atoms with van der Waals surface area (Å²) in [5.41, 5.74) is 0.900. The molecule has 2 unspecified atom stereocenters. The molecule has 1 saturated heterocycles. The molecule has 0 aliphatic carbocycles. The third-order valence-corrected chi connectivity index (χ3v) is 3.22. The standard InChI is InChI=1S/C14H19FN2O2/c1-10(9-19-2)8-17-13(18)7-16-14(17)11-3-5-12(15)6-4-11/h3-6,10,14,16H,7-9H2,1-2H3. The molecule has 19 heavy (non-hydrogen) atoms. The molecule has 2 atom stereocenters. The fourth-order valence-electron chi connectivity index (χ4n) is 2.36. The molecule has 104 valence electrons. The minimum absolute atomic E-state index is 0.0669. The van der Waals surface area contributed by atoms with Gasteiger partial charge < -0.3 is 9.64 Å². The van der Waals surface area contributed by atoms with E-state index in [2.05, 4.69) is 5.32 Å². The monoisotopic (exact) mass is 266 g/mol. The van der Waals surface area contributed by atoms with Gasteiger partial charge in [-0.1, -0.05) is 19.1 Å². The number of hydrogen-bond acceptors (Lipinski definition) is 3. The molecule has 0 bridgehead atoms. The number of rotatable bonds is 5. The minimum Gasteiger partial charge on any atom is -0.384 e. The summed E-state index contributed by atoms with van der Waals surface area (Å²) in [6.45, 7) is 3.60. The highest BCUT2D eigenvalue weighted by Crippen LogP contribution is 2.23. The van der Waals surface area contributed by atoms with Crippen LogP contribution >= 0.6 is 0 Å². The van der Waals surface area contributed by atoms with Crippen LogP contribution in [0.2, 0.25) is 0 Å². The average Bonchev–Trinajstić information content (AvgIpc) is 2.73. The summed E-state index contributed by atoms with van der Waals surface area (Å²) in [6.07, 6.45) is -0.174. The third kappa shape index (κ3) is 3.30. The van der Waals surface area contributed by atoms with E-state index < -0.39 is 0 Å². The molecule has 4 nitrogen and oxygen atoms in total. The molecule has 0 saturated carbocycles. The molecule has 1 aromatic carbocycles. The van der Waals surface area contributed by atoms with Gasteiger partial charge in [-0.05, 0) is 23.6 Å². The van der Waals surface area contributed by atoms with Crippen LogP contribution in [0.1, 0.15) is 18.7 Å². The van der Waals surface area contributed by atoms with Gasteiger partial charge in [-0.15, -0.1) is 0 Å². The first-order valence-electron chi connectivity index (χ1n) is 6.39. The average molecular weight is 266 g/mol. The van der Waals surface area contributed by atoms with Crippen molar-refractivity contribution in [2.75, 3.05) is 26.8 Å². The number of carbonyl (C=O) groups is 1. The maximum absolute atomic E-state index is 12.9. The van der Waals surface area contributed by atoms with Crippen LogP contribution in [0, 0.1) is 11.7 Å². The predicted molar refractivity (Wildman–Crippen MR) is 69.9 cm³/mol. The fourth-order valence-corrected chi connectivity index (χ4v) is 2.36. The number of benzene rings is 1. The molecule has 1 amide bonds. The summed E-state index contributed by atoms with van der Waals surface area (Å²) in [7, 11) is 1.65. The lowest BCUT2D eigenvalue weighted by atomic mass is 10.1. The minimum atomic E-state index is -0.271. The first kappa shape index (κ1) is 14.0. The van der Waals surface area contributed by atoms with Gasteiger partial charge in [0.15, 0.2) is 0 Å². The van der Waals surface area contributed by atoms with Crippen LogP contribution in [0.4, 0.5) is 4.39 Å². The third-order valence-electron chi connectivity index (χ3n) is 3.22. The topological polar surface area (TPSA) is 41.6 Å². The first-order chi connectivity index (χ1) is 9.11. The van der Waals surface area contributed by atoms with Crippen molar-refractivity contribution >= 4 is 5.91 Å². The Morgan fingerprint density at radius 2 is 2.16 bits per heavy atom. The van der Waals surface area contributed by atoms with Gasteiger partial charge in [0.2, 0.25) is 5.91 Å². The largest absolute Gasteiger partial charge is 0.384 e. The van der Waals surface area contributed by atoms with E-state index in [1.807, 2.05) is 6.92 Å². The Bertz CT molecular complexity index is 436. The summed E-state index contributed by atoms with van der Waals surface area (Å²) in [4.78, 5) is 13.7. The zero-order valence-corrected chi connectivity index (χ0v) is 11.2. The fraction of sp³-hybridized carbons (Fsp3) is 0.500. The zero-order chi connectivity index (χ0) is 13.8. The van der Waals surface area contributed by atoms with Crippen LogP contribution in [0.5, 0.6) is 0 Å². The van der Waals surface area contributed by atoms with Crippen LogP contribution in [-0.4, -0.2) is 37.6 Å². The number of methoxy groups -OCH3 is 1. The molecule has 0 aromatic heterocycles. The van der Waals surface area contributed by atoms with E-state index >= 15 is 0 Å². The predicted octanol–water partition coefficient (Wildman–Crippen LogP) is 1.54. The summed E-state index contributed by atoms with van der Waals surface area (Å²) in [5.74, 6) is 0.0569. The Balaban J connectivity index is 2.10. The van der Waals surface area contributed by atoms with Crippen molar-refractivity contribution in [3.63, 3.8) is 0 Å². The molecule has 0 spiro atoms. The molecule has 1 fully saturated rings. The second kappa shape index (κ2) is 6.12. The van der Waals surface area contributed by atoms with Crippen LogP contribution in [0.15, 0.2) is 24.3 Å². The quantitative estimate of drug-likeness (QED) is 0.879. The van der Waals surface area contributed by atoms with Crippen molar-refractivity contribution in [3.8, 4) is 0 Å². The van der Waals surface area contributed by atoms with Gasteiger partial charge in [-0.3, -0.25) is 10.1 Å². The second-order valence-electron chi connectivity index (χ2n) is 4.94. The van der Waals surface area contributed by atoms with Crippen LogP contribution in [-0.2, 0) is 9.53 Å². The van der Waals surface area contributed by atoms with Gasteiger partial charge in [-0.2, -0.15) is 0 Å². The molecule has 1 aromatic rings. The van der Waals surface area contributed by atoms with E-state index in [0.29, 0.717) is 19.7 Å². The lowest BCUT2D eigenvalue weighted by Gasteiger charge is -2.27. The molecular formula is C14H19FN2O2. The number of amides is 1. The molecule has 0 radical (unpaired) electrons. The first-order valence-corrected chi connectivity index (χ1v) is 6.39. The number of nitrogens with zero attached hydrogens (tertiary/aromatic N) is 1. The summed E-state index contributed by atoms with van der Waals surface area (Å²) in [5, 5.41) is 3.15. The normalized spacial score (nSPS) is 20.9. The molecule has 1 aliphatic heterocycles. The smallest absolute Gasteiger partial charge is 0.238 e. The Morgan fingerprint density at radius 1 is 1.47 bits per heavy atom. The van der Waals surface area contributed by atoms with Gasteiger partial charge in [0.05, 0.1) is 13.2 Å². The Labute approximate surface area is 112 Å².